The Balaban J connectivity index is 1.31. The van der Waals surface area contributed by atoms with Crippen molar-refractivity contribution in [2.45, 2.75) is 37.8 Å². The summed E-state index contributed by atoms with van der Waals surface area (Å²) in [7, 11) is -3.62. The third-order valence-corrected chi connectivity index (χ3v) is 7.93. The number of pyridine rings is 1. The van der Waals surface area contributed by atoms with Crippen molar-refractivity contribution < 1.29 is 13.2 Å². The largest absolute Gasteiger partial charge is 0.353 e. The summed E-state index contributed by atoms with van der Waals surface area (Å²) in [5, 5.41) is 0.0802. The van der Waals surface area contributed by atoms with Crippen LogP contribution in [0.4, 0.5) is 5.82 Å². The second-order valence-corrected chi connectivity index (χ2v) is 10.3. The first kappa shape index (κ1) is 21.8. The van der Waals surface area contributed by atoms with Crippen LogP contribution in [-0.4, -0.2) is 77.3 Å². The number of piperazine rings is 1. The lowest BCUT2D eigenvalue weighted by Crippen LogP contribution is -2.52. The molecule has 0 atom stereocenters. The van der Waals surface area contributed by atoms with E-state index in [2.05, 4.69) is 14.9 Å². The second kappa shape index (κ2) is 8.96. The maximum atomic E-state index is 13.0. The van der Waals surface area contributed by atoms with E-state index >= 15 is 0 Å². The lowest BCUT2D eigenvalue weighted by molar-refractivity contribution is -0.137. The van der Waals surface area contributed by atoms with Gasteiger partial charge in [0.25, 0.3) is 10.0 Å². The number of hydrogen-bond acceptors (Lipinski definition) is 6. The molecule has 0 unspecified atom stereocenters. The monoisotopic (exact) mass is 446 g/mol. The Hall–Kier alpha value is -2.46. The fourth-order valence-corrected chi connectivity index (χ4v) is 5.56. The molecule has 4 heterocycles. The van der Waals surface area contributed by atoms with Crippen LogP contribution in [0.25, 0.3) is 0 Å². The predicted octanol–water partition coefficient (Wildman–Crippen LogP) is 1.61. The highest BCUT2D eigenvalue weighted by molar-refractivity contribution is 7.89. The molecule has 2 fully saturated rings. The molecule has 31 heavy (non-hydrogen) atoms. The van der Waals surface area contributed by atoms with Crippen LogP contribution in [-0.2, 0) is 14.8 Å². The summed E-state index contributed by atoms with van der Waals surface area (Å²) < 4.78 is 29.1. The molecule has 2 aromatic rings. The van der Waals surface area contributed by atoms with Gasteiger partial charge in [0, 0.05) is 63.6 Å². The fraction of sp³-hybridized carbons (Fsp3) is 0.571. The minimum Gasteiger partial charge on any atom is -0.353 e. The first-order valence-electron chi connectivity index (χ1n) is 10.8. The summed E-state index contributed by atoms with van der Waals surface area (Å²) in [4.78, 5) is 25.6. The molecule has 2 aliphatic rings. The van der Waals surface area contributed by atoms with Gasteiger partial charge in [-0.2, -0.15) is 4.31 Å². The third-order valence-electron chi connectivity index (χ3n) is 6.15. The van der Waals surface area contributed by atoms with Crippen LogP contribution in [0.1, 0.15) is 32.7 Å². The van der Waals surface area contributed by atoms with Gasteiger partial charge in [0.15, 0.2) is 5.03 Å². The van der Waals surface area contributed by atoms with E-state index < -0.39 is 10.0 Å². The van der Waals surface area contributed by atoms with Crippen LogP contribution in [0.2, 0.25) is 0 Å². The second-order valence-electron chi connectivity index (χ2n) is 8.43. The van der Waals surface area contributed by atoms with Crippen molar-refractivity contribution in [2.75, 3.05) is 44.2 Å². The summed E-state index contributed by atoms with van der Waals surface area (Å²) in [6, 6.07) is 6.00. The maximum absolute atomic E-state index is 13.0. The Morgan fingerprint density at radius 2 is 1.74 bits per heavy atom. The lowest BCUT2D eigenvalue weighted by Gasteiger charge is -2.38. The van der Waals surface area contributed by atoms with Gasteiger partial charge in [-0.25, -0.2) is 18.4 Å². The molecule has 9 nitrogen and oxygen atoms in total. The van der Waals surface area contributed by atoms with E-state index in [1.807, 2.05) is 36.9 Å². The molecule has 0 spiro atoms. The Bertz CT molecular complexity index is 991. The summed E-state index contributed by atoms with van der Waals surface area (Å²) >= 11 is 0. The molecule has 0 N–H and O–H groups in total. The van der Waals surface area contributed by atoms with Gasteiger partial charge in [-0.3, -0.25) is 4.79 Å². The third kappa shape index (κ3) is 4.59. The highest BCUT2D eigenvalue weighted by Crippen LogP contribution is 2.25. The number of aromatic nitrogens is 3. The first-order valence-corrected chi connectivity index (χ1v) is 12.3. The number of nitrogens with zero attached hydrogens (tertiary/aromatic N) is 6. The van der Waals surface area contributed by atoms with Crippen LogP contribution >= 0.6 is 0 Å². The van der Waals surface area contributed by atoms with Gasteiger partial charge in [0.1, 0.15) is 5.82 Å². The van der Waals surface area contributed by atoms with Gasteiger partial charge < -0.3 is 14.4 Å². The quantitative estimate of drug-likeness (QED) is 0.693. The van der Waals surface area contributed by atoms with Crippen molar-refractivity contribution in [1.29, 1.82) is 0 Å². The van der Waals surface area contributed by atoms with Crippen molar-refractivity contribution in [3.63, 3.8) is 0 Å². The first-order chi connectivity index (χ1) is 14.9. The van der Waals surface area contributed by atoms with Crippen LogP contribution in [0.15, 0.2) is 41.9 Å². The molecule has 168 valence electrons. The number of carbonyl (C=O) groups is 1. The number of rotatable bonds is 5. The molecule has 0 saturated carbocycles. The van der Waals surface area contributed by atoms with Gasteiger partial charge in [-0.15, -0.1) is 0 Å². The number of amides is 1. The summed E-state index contributed by atoms with van der Waals surface area (Å²) in [6.07, 6.45) is 6.01. The molecule has 0 radical (unpaired) electrons. The molecule has 2 aromatic heterocycles. The molecular weight excluding hydrogens is 416 g/mol. The van der Waals surface area contributed by atoms with E-state index in [4.69, 9.17) is 0 Å². The summed E-state index contributed by atoms with van der Waals surface area (Å²) in [5.41, 5.74) is 0. The molecular formula is C21H30N6O3S. The van der Waals surface area contributed by atoms with Gasteiger partial charge in [0.05, 0.1) is 6.33 Å². The highest BCUT2D eigenvalue weighted by Gasteiger charge is 2.35. The molecule has 2 saturated heterocycles. The smallest absolute Gasteiger partial charge is 0.262 e. The number of sulfonamides is 1. The molecule has 1 amide bonds. The van der Waals surface area contributed by atoms with Crippen molar-refractivity contribution in [3.8, 4) is 0 Å². The Kier molecular flexibility index (Phi) is 6.29. The maximum Gasteiger partial charge on any atom is 0.262 e. The normalized spacial score (nSPS) is 19.2. The standard InChI is InChI=1S/C21H30N6O3S/c1-17(2)26-15-20(23-16-26)31(29,30)27-9-6-18(7-10-27)21(28)25-13-11-24(12-14-25)19-5-3-4-8-22-19/h3-5,8,15-18H,6-7,9-14H2,1-2H3. The fourth-order valence-electron chi connectivity index (χ4n) is 4.16. The van der Waals surface area contributed by atoms with Gasteiger partial charge in [0.2, 0.25) is 5.91 Å². The van der Waals surface area contributed by atoms with Crippen molar-refractivity contribution in [1.82, 2.24) is 23.7 Å². The van der Waals surface area contributed by atoms with Gasteiger partial charge in [-0.1, -0.05) is 6.07 Å². The topological polar surface area (TPSA) is 91.6 Å². The van der Waals surface area contributed by atoms with Crippen LogP contribution < -0.4 is 4.90 Å². The number of hydrogen-bond donors (Lipinski definition) is 0. The summed E-state index contributed by atoms with van der Waals surface area (Å²) in [5.74, 6) is 0.955. The predicted molar refractivity (Wildman–Crippen MR) is 117 cm³/mol. The number of imidazole rings is 1. The average Bonchev–Trinajstić information content (AvgIpc) is 3.31. The molecule has 2 aliphatic heterocycles. The van der Waals surface area contributed by atoms with E-state index in [9.17, 15) is 13.2 Å². The van der Waals surface area contributed by atoms with E-state index in [0.29, 0.717) is 39.0 Å². The SMILES string of the molecule is CC(C)n1cnc(S(=O)(=O)N2CCC(C(=O)N3CCN(c4ccccn4)CC3)CC2)c1. The number of piperidine rings is 1. The Morgan fingerprint density at radius 3 is 2.32 bits per heavy atom. The molecule has 10 heteroatoms. The van der Waals surface area contributed by atoms with Gasteiger partial charge in [-0.05, 0) is 38.8 Å². The van der Waals surface area contributed by atoms with Crippen LogP contribution in [0, 0.1) is 5.92 Å². The Morgan fingerprint density at radius 1 is 1.03 bits per heavy atom. The summed E-state index contributed by atoms with van der Waals surface area (Å²) in [6.45, 7) is 7.50. The minimum absolute atomic E-state index is 0.0802. The average molecular weight is 447 g/mol. The number of anilines is 1. The minimum atomic E-state index is -3.62. The zero-order valence-corrected chi connectivity index (χ0v) is 18.9. The Labute approximate surface area is 183 Å². The van der Waals surface area contributed by atoms with E-state index in [1.165, 1.54) is 4.31 Å². The number of carbonyl (C=O) groups excluding carboxylic acids is 1. The zero-order valence-electron chi connectivity index (χ0n) is 18.1. The van der Waals surface area contributed by atoms with E-state index in [-0.39, 0.29) is 22.9 Å². The van der Waals surface area contributed by atoms with Gasteiger partial charge >= 0.3 is 0 Å². The molecule has 4 rings (SSSR count). The van der Waals surface area contributed by atoms with E-state index in [1.54, 1.807) is 23.3 Å². The van der Waals surface area contributed by atoms with Crippen molar-refractivity contribution in [3.05, 3.63) is 36.9 Å². The molecule has 0 bridgehead atoms. The van der Waals surface area contributed by atoms with Crippen LogP contribution in [0.3, 0.4) is 0 Å². The van der Waals surface area contributed by atoms with Crippen molar-refractivity contribution in [2.24, 2.45) is 5.92 Å². The zero-order chi connectivity index (χ0) is 22.0. The van der Waals surface area contributed by atoms with Crippen molar-refractivity contribution >= 4 is 21.7 Å². The lowest BCUT2D eigenvalue weighted by atomic mass is 9.96. The van der Waals surface area contributed by atoms with E-state index in [0.717, 1.165) is 18.9 Å². The van der Waals surface area contributed by atoms with Crippen LogP contribution in [0.5, 0.6) is 0 Å². The molecule has 0 aromatic carbocycles. The molecule has 0 aliphatic carbocycles. The highest BCUT2D eigenvalue weighted by atomic mass is 32.2.